The minimum Gasteiger partial charge on any atom is -0.497 e. The molecular formula is C24H30N2O7S. The van der Waals surface area contributed by atoms with Crippen LogP contribution >= 0.6 is 0 Å². The van der Waals surface area contributed by atoms with Gasteiger partial charge in [0.25, 0.3) is 15.9 Å². The van der Waals surface area contributed by atoms with E-state index in [9.17, 15) is 18.0 Å². The summed E-state index contributed by atoms with van der Waals surface area (Å²) in [5.41, 5.74) is 0.467. The zero-order valence-electron chi connectivity index (χ0n) is 19.9. The summed E-state index contributed by atoms with van der Waals surface area (Å²) in [7, 11) is -0.998. The largest absolute Gasteiger partial charge is 0.497 e. The van der Waals surface area contributed by atoms with Gasteiger partial charge >= 0.3 is 5.97 Å². The lowest BCUT2D eigenvalue weighted by Crippen LogP contribution is -2.51. The van der Waals surface area contributed by atoms with Crippen LogP contribution in [0.1, 0.15) is 31.1 Å². The van der Waals surface area contributed by atoms with E-state index in [1.165, 1.54) is 45.3 Å². The van der Waals surface area contributed by atoms with Gasteiger partial charge < -0.3 is 19.1 Å². The third kappa shape index (κ3) is 5.68. The molecule has 3 unspecified atom stereocenters. The normalized spacial score (nSPS) is 19.3. The van der Waals surface area contributed by atoms with Gasteiger partial charge in [-0.3, -0.25) is 9.10 Å². The molecule has 9 nitrogen and oxygen atoms in total. The first kappa shape index (κ1) is 25.5. The van der Waals surface area contributed by atoms with Gasteiger partial charge in [0, 0.05) is 20.1 Å². The number of nitrogens with zero attached hydrogens (tertiary/aromatic N) is 2. The van der Waals surface area contributed by atoms with E-state index in [1.54, 1.807) is 29.2 Å². The Labute approximate surface area is 200 Å². The molecule has 0 aromatic heterocycles. The van der Waals surface area contributed by atoms with Crippen LogP contribution in [-0.4, -0.2) is 70.8 Å². The fraction of sp³-hybridized carbons (Fsp3) is 0.417. The van der Waals surface area contributed by atoms with E-state index in [0.717, 1.165) is 4.31 Å². The van der Waals surface area contributed by atoms with E-state index in [2.05, 4.69) is 0 Å². The van der Waals surface area contributed by atoms with Gasteiger partial charge in [0.15, 0.2) is 6.10 Å². The standard InChI is InChI=1S/C24H30N2O7S/c1-16-14-26(15-17(2)32-16)23(27)18(3)33-24(28)19-7-6-8-22(13-19)34(29,30)25(4)20-9-11-21(31-5)12-10-20/h6-13,16-18H,14-15H2,1-5H3. The smallest absolute Gasteiger partial charge is 0.338 e. The molecule has 2 aromatic rings. The summed E-state index contributed by atoms with van der Waals surface area (Å²) in [5.74, 6) is -0.498. The lowest BCUT2D eigenvalue weighted by molar-refractivity contribution is -0.151. The van der Waals surface area contributed by atoms with Crippen molar-refractivity contribution in [1.82, 2.24) is 4.90 Å². The highest BCUT2D eigenvalue weighted by Crippen LogP contribution is 2.25. The van der Waals surface area contributed by atoms with Crippen molar-refractivity contribution >= 4 is 27.6 Å². The molecule has 34 heavy (non-hydrogen) atoms. The summed E-state index contributed by atoms with van der Waals surface area (Å²) >= 11 is 0. The minimum absolute atomic E-state index is 0.0348. The van der Waals surface area contributed by atoms with Crippen LogP contribution < -0.4 is 9.04 Å². The van der Waals surface area contributed by atoms with Crippen molar-refractivity contribution in [1.29, 1.82) is 0 Å². The van der Waals surface area contributed by atoms with Crippen molar-refractivity contribution < 1.29 is 32.2 Å². The highest BCUT2D eigenvalue weighted by atomic mass is 32.2. The third-order valence-corrected chi connectivity index (χ3v) is 7.31. The van der Waals surface area contributed by atoms with E-state index in [4.69, 9.17) is 14.2 Å². The molecule has 3 rings (SSSR count). The Balaban J connectivity index is 1.73. The molecule has 0 bridgehead atoms. The second-order valence-corrected chi connectivity index (χ2v) is 10.2. The number of amides is 1. The van der Waals surface area contributed by atoms with E-state index in [0.29, 0.717) is 24.5 Å². The second-order valence-electron chi connectivity index (χ2n) is 8.25. The predicted octanol–water partition coefficient (Wildman–Crippen LogP) is 2.70. The average molecular weight is 491 g/mol. The summed E-state index contributed by atoms with van der Waals surface area (Å²) in [4.78, 5) is 27.0. The van der Waals surface area contributed by atoms with Crippen molar-refractivity contribution in [2.75, 3.05) is 31.6 Å². The molecule has 1 aliphatic rings. The van der Waals surface area contributed by atoms with Gasteiger partial charge in [-0.1, -0.05) is 6.07 Å². The lowest BCUT2D eigenvalue weighted by atomic mass is 10.2. The van der Waals surface area contributed by atoms with Gasteiger partial charge in [0.2, 0.25) is 0 Å². The Bertz CT molecular complexity index is 1120. The molecule has 1 heterocycles. The number of hydrogen-bond acceptors (Lipinski definition) is 7. The molecule has 0 N–H and O–H groups in total. The van der Waals surface area contributed by atoms with Gasteiger partial charge in [-0.05, 0) is 63.2 Å². The van der Waals surface area contributed by atoms with E-state index in [-0.39, 0.29) is 28.6 Å². The van der Waals surface area contributed by atoms with Gasteiger partial charge in [0.1, 0.15) is 5.75 Å². The fourth-order valence-electron chi connectivity index (χ4n) is 3.77. The van der Waals surface area contributed by atoms with E-state index >= 15 is 0 Å². The Morgan fingerprint density at radius 2 is 1.71 bits per heavy atom. The number of sulfonamides is 1. The number of rotatable bonds is 7. The van der Waals surface area contributed by atoms with Crippen LogP contribution in [-0.2, 0) is 24.3 Å². The average Bonchev–Trinajstić information content (AvgIpc) is 2.82. The van der Waals surface area contributed by atoms with E-state index in [1.807, 2.05) is 13.8 Å². The first-order valence-corrected chi connectivity index (χ1v) is 12.3. The summed E-state index contributed by atoms with van der Waals surface area (Å²) in [6, 6.07) is 12.1. The Morgan fingerprint density at radius 3 is 2.29 bits per heavy atom. The molecule has 1 aliphatic heterocycles. The van der Waals surface area contributed by atoms with Gasteiger partial charge in [-0.2, -0.15) is 0 Å². The predicted molar refractivity (Wildman–Crippen MR) is 126 cm³/mol. The summed E-state index contributed by atoms with van der Waals surface area (Å²) in [6.07, 6.45) is -1.24. The number of ether oxygens (including phenoxy) is 3. The SMILES string of the molecule is COc1ccc(N(C)S(=O)(=O)c2cccc(C(=O)OC(C)C(=O)N3CC(C)OC(C)C3)c2)cc1. The van der Waals surface area contributed by atoms with Crippen molar-refractivity contribution in [3.8, 4) is 5.75 Å². The molecule has 0 spiro atoms. The Hall–Kier alpha value is -3.11. The molecule has 0 radical (unpaired) electrons. The van der Waals surface area contributed by atoms with Crippen molar-refractivity contribution in [2.45, 2.75) is 44.0 Å². The molecule has 1 saturated heterocycles. The number of esters is 1. The molecule has 1 fully saturated rings. The number of carbonyl (C=O) groups excluding carboxylic acids is 2. The molecule has 1 amide bonds. The maximum Gasteiger partial charge on any atom is 0.338 e. The van der Waals surface area contributed by atoms with Crippen LogP contribution in [0.4, 0.5) is 5.69 Å². The molecular weight excluding hydrogens is 460 g/mol. The van der Waals surface area contributed by atoms with Crippen LogP contribution in [0.5, 0.6) is 5.75 Å². The first-order valence-electron chi connectivity index (χ1n) is 10.9. The Morgan fingerprint density at radius 1 is 1.09 bits per heavy atom. The molecule has 0 aliphatic carbocycles. The number of anilines is 1. The number of carbonyl (C=O) groups is 2. The van der Waals surface area contributed by atoms with Crippen molar-refractivity contribution in [3.05, 3.63) is 54.1 Å². The molecule has 184 valence electrons. The number of morpholine rings is 1. The highest BCUT2D eigenvalue weighted by molar-refractivity contribution is 7.92. The molecule has 0 saturated carbocycles. The van der Waals surface area contributed by atoms with Crippen molar-refractivity contribution in [2.24, 2.45) is 0 Å². The summed E-state index contributed by atoms with van der Waals surface area (Å²) in [6.45, 7) is 6.08. The Kier molecular flexibility index (Phi) is 7.83. The van der Waals surface area contributed by atoms with Gasteiger partial charge in [0.05, 0.1) is 35.5 Å². The second kappa shape index (κ2) is 10.4. The van der Waals surface area contributed by atoms with E-state index < -0.39 is 22.1 Å². The summed E-state index contributed by atoms with van der Waals surface area (Å²) < 4.78 is 43.5. The zero-order chi connectivity index (χ0) is 25.0. The van der Waals surface area contributed by atoms with Crippen LogP contribution in [0.15, 0.2) is 53.4 Å². The fourth-order valence-corrected chi connectivity index (χ4v) is 5.01. The quantitative estimate of drug-likeness (QED) is 0.550. The van der Waals surface area contributed by atoms with Crippen LogP contribution in [0, 0.1) is 0 Å². The number of benzene rings is 2. The zero-order valence-corrected chi connectivity index (χ0v) is 20.7. The maximum atomic E-state index is 13.1. The van der Waals surface area contributed by atoms with Crippen LogP contribution in [0.3, 0.4) is 0 Å². The van der Waals surface area contributed by atoms with Gasteiger partial charge in [-0.15, -0.1) is 0 Å². The highest BCUT2D eigenvalue weighted by Gasteiger charge is 2.31. The summed E-state index contributed by atoms with van der Waals surface area (Å²) in [5, 5.41) is 0. The minimum atomic E-state index is -3.95. The van der Waals surface area contributed by atoms with Crippen LogP contribution in [0.2, 0.25) is 0 Å². The number of methoxy groups -OCH3 is 1. The monoisotopic (exact) mass is 490 g/mol. The van der Waals surface area contributed by atoms with Crippen molar-refractivity contribution in [3.63, 3.8) is 0 Å². The molecule has 2 aromatic carbocycles. The third-order valence-electron chi connectivity index (χ3n) is 5.53. The number of hydrogen-bond donors (Lipinski definition) is 0. The molecule has 3 atom stereocenters. The molecule has 10 heteroatoms. The van der Waals surface area contributed by atoms with Crippen LogP contribution in [0.25, 0.3) is 0 Å². The maximum absolute atomic E-state index is 13.1. The first-order chi connectivity index (χ1) is 16.0. The lowest BCUT2D eigenvalue weighted by Gasteiger charge is -2.36. The topological polar surface area (TPSA) is 102 Å². The van der Waals surface area contributed by atoms with Gasteiger partial charge in [-0.25, -0.2) is 13.2 Å².